The van der Waals surface area contributed by atoms with E-state index in [-0.39, 0.29) is 17.9 Å². The topological polar surface area (TPSA) is 66.4 Å². The van der Waals surface area contributed by atoms with Crippen molar-refractivity contribution in [2.45, 2.75) is 33.7 Å². The molecule has 1 unspecified atom stereocenters. The van der Waals surface area contributed by atoms with E-state index in [0.717, 1.165) is 16.7 Å². The molecule has 0 saturated carbocycles. The van der Waals surface area contributed by atoms with Crippen LogP contribution in [0.25, 0.3) is 11.1 Å². The van der Waals surface area contributed by atoms with Crippen LogP contribution in [-0.2, 0) is 9.59 Å². The van der Waals surface area contributed by atoms with Crippen LogP contribution >= 0.6 is 23.2 Å². The zero-order valence-corrected chi connectivity index (χ0v) is 19.1. The zero-order chi connectivity index (χ0) is 22.3. The van der Waals surface area contributed by atoms with E-state index in [4.69, 9.17) is 23.2 Å². The van der Waals surface area contributed by atoms with Gasteiger partial charge in [-0.15, -0.1) is 0 Å². The Labute approximate surface area is 187 Å². The summed E-state index contributed by atoms with van der Waals surface area (Å²) in [6.07, 6.45) is 4.79. The average molecular weight is 449 g/mol. The van der Waals surface area contributed by atoms with E-state index < -0.39 is 0 Å². The number of hydrogen-bond acceptors (Lipinski definition) is 4. The Kier molecular flexibility index (Phi) is 8.81. The molecular weight excluding hydrogens is 423 g/mol. The van der Waals surface area contributed by atoms with Crippen molar-refractivity contribution in [3.05, 3.63) is 58.6 Å². The molecule has 6 nitrogen and oxygen atoms in total. The SMILES string of the molecule is CC.CC(=O)N1CCN(C(=O)/C=C\Cl)CC1c1cc(Cl)cc(-c2cnc(C)nc2)c1. The molecule has 0 N–H and O–H groups in total. The molecule has 1 aliphatic rings. The number of carbonyl (C=O) groups excluding carboxylic acids is 2. The smallest absolute Gasteiger partial charge is 0.247 e. The number of benzene rings is 1. The van der Waals surface area contributed by atoms with Crippen LogP contribution in [0.1, 0.15) is 38.2 Å². The molecule has 1 fully saturated rings. The predicted molar refractivity (Wildman–Crippen MR) is 120 cm³/mol. The minimum absolute atomic E-state index is 0.0508. The predicted octanol–water partition coefficient (Wildman–Crippen LogP) is 4.62. The standard InChI is InChI=1S/C20H20Cl2N4O2.C2H6/c1-13-23-10-17(11-24-13)15-7-16(9-18(22)8-15)19-12-25(20(28)3-4-21)5-6-26(19)14(2)27;1-2/h3-4,7-11,19H,5-6,12H2,1-2H3;1-2H3/b4-3-;. The van der Waals surface area contributed by atoms with Gasteiger partial charge in [0.25, 0.3) is 0 Å². The van der Waals surface area contributed by atoms with Gasteiger partial charge in [-0.25, -0.2) is 9.97 Å². The van der Waals surface area contributed by atoms with Crippen molar-refractivity contribution in [2.24, 2.45) is 0 Å². The van der Waals surface area contributed by atoms with Gasteiger partial charge in [-0.2, -0.15) is 0 Å². The van der Waals surface area contributed by atoms with E-state index in [1.165, 1.54) is 18.5 Å². The molecule has 2 heterocycles. The van der Waals surface area contributed by atoms with E-state index in [9.17, 15) is 9.59 Å². The number of nitrogens with zero attached hydrogens (tertiary/aromatic N) is 4. The lowest BCUT2D eigenvalue weighted by atomic mass is 9.97. The van der Waals surface area contributed by atoms with Gasteiger partial charge in [-0.05, 0) is 36.2 Å². The largest absolute Gasteiger partial charge is 0.335 e. The van der Waals surface area contributed by atoms with Crippen molar-refractivity contribution >= 4 is 35.0 Å². The number of rotatable bonds is 3. The first-order valence-corrected chi connectivity index (χ1v) is 10.6. The highest BCUT2D eigenvalue weighted by molar-refractivity contribution is 6.31. The van der Waals surface area contributed by atoms with Crippen LogP contribution in [0, 0.1) is 6.92 Å². The molecule has 160 valence electrons. The molecule has 1 aliphatic heterocycles. The summed E-state index contributed by atoms with van der Waals surface area (Å²) in [4.78, 5) is 36.4. The van der Waals surface area contributed by atoms with Gasteiger partial charge in [0.1, 0.15) is 5.82 Å². The van der Waals surface area contributed by atoms with E-state index in [1.807, 2.05) is 39.0 Å². The molecule has 1 aromatic heterocycles. The summed E-state index contributed by atoms with van der Waals surface area (Å²) in [6, 6.07) is 5.32. The maximum absolute atomic E-state index is 12.2. The van der Waals surface area contributed by atoms with Gasteiger partial charge in [-0.1, -0.05) is 37.0 Å². The maximum atomic E-state index is 12.2. The minimum Gasteiger partial charge on any atom is -0.335 e. The van der Waals surface area contributed by atoms with Gasteiger partial charge in [0.15, 0.2) is 0 Å². The minimum atomic E-state index is -0.303. The second-order valence-electron chi connectivity index (χ2n) is 6.60. The third-order valence-corrected chi connectivity index (χ3v) is 5.07. The van der Waals surface area contributed by atoms with Crippen molar-refractivity contribution in [1.82, 2.24) is 19.8 Å². The van der Waals surface area contributed by atoms with Gasteiger partial charge in [0.05, 0.1) is 6.04 Å². The van der Waals surface area contributed by atoms with Crippen molar-refractivity contribution in [3.8, 4) is 11.1 Å². The van der Waals surface area contributed by atoms with Gasteiger partial charge in [-0.3, -0.25) is 9.59 Å². The van der Waals surface area contributed by atoms with E-state index in [2.05, 4.69) is 9.97 Å². The Bertz CT molecular complexity index is 916. The number of amides is 2. The van der Waals surface area contributed by atoms with Crippen LogP contribution < -0.4 is 0 Å². The fraction of sp³-hybridized carbons (Fsp3) is 0.364. The molecule has 0 bridgehead atoms. The third-order valence-electron chi connectivity index (χ3n) is 4.72. The van der Waals surface area contributed by atoms with Crippen LogP contribution in [0.15, 0.2) is 42.2 Å². The second kappa shape index (κ2) is 11.1. The Hall–Kier alpha value is -2.44. The number of hydrogen-bond donors (Lipinski definition) is 0. The summed E-state index contributed by atoms with van der Waals surface area (Å²) >= 11 is 11.9. The molecule has 8 heteroatoms. The molecule has 0 spiro atoms. The van der Waals surface area contributed by atoms with Crippen LogP contribution in [0.5, 0.6) is 0 Å². The first kappa shape index (κ1) is 23.8. The highest BCUT2D eigenvalue weighted by Crippen LogP contribution is 2.32. The molecule has 1 aromatic carbocycles. The first-order valence-electron chi connectivity index (χ1n) is 9.81. The summed E-state index contributed by atoms with van der Waals surface area (Å²) in [6.45, 7) is 8.61. The van der Waals surface area contributed by atoms with Gasteiger partial charge in [0.2, 0.25) is 11.8 Å². The summed E-state index contributed by atoms with van der Waals surface area (Å²) in [5.74, 6) is 0.449. The number of aromatic nitrogens is 2. The Balaban J connectivity index is 0.00000155. The van der Waals surface area contributed by atoms with Crippen molar-refractivity contribution in [2.75, 3.05) is 19.6 Å². The molecule has 3 rings (SSSR count). The summed E-state index contributed by atoms with van der Waals surface area (Å²) in [5, 5.41) is 0.542. The fourth-order valence-corrected chi connectivity index (χ4v) is 3.67. The lowest BCUT2D eigenvalue weighted by Crippen LogP contribution is -2.51. The van der Waals surface area contributed by atoms with Gasteiger partial charge < -0.3 is 9.80 Å². The number of halogens is 2. The Morgan fingerprint density at radius 2 is 1.77 bits per heavy atom. The third kappa shape index (κ3) is 5.80. The zero-order valence-electron chi connectivity index (χ0n) is 17.6. The Morgan fingerprint density at radius 3 is 2.37 bits per heavy atom. The molecule has 1 saturated heterocycles. The Morgan fingerprint density at radius 1 is 1.10 bits per heavy atom. The summed E-state index contributed by atoms with van der Waals surface area (Å²) in [7, 11) is 0. The first-order chi connectivity index (χ1) is 14.4. The quantitative estimate of drug-likeness (QED) is 0.642. The maximum Gasteiger partial charge on any atom is 0.247 e. The van der Waals surface area contributed by atoms with Gasteiger partial charge in [0, 0.05) is 61.1 Å². The van der Waals surface area contributed by atoms with Crippen LogP contribution in [0.4, 0.5) is 0 Å². The summed E-state index contributed by atoms with van der Waals surface area (Å²) in [5.41, 5.74) is 3.74. The lowest BCUT2D eigenvalue weighted by Gasteiger charge is -2.41. The monoisotopic (exact) mass is 448 g/mol. The van der Waals surface area contributed by atoms with Crippen LogP contribution in [0.2, 0.25) is 5.02 Å². The molecule has 0 aliphatic carbocycles. The number of carbonyl (C=O) groups is 2. The fourth-order valence-electron chi connectivity index (χ4n) is 3.32. The molecule has 30 heavy (non-hydrogen) atoms. The summed E-state index contributed by atoms with van der Waals surface area (Å²) < 4.78 is 0. The van der Waals surface area contributed by atoms with E-state index in [1.54, 1.807) is 22.2 Å². The normalized spacial score (nSPS) is 16.3. The van der Waals surface area contributed by atoms with Crippen LogP contribution in [-0.4, -0.2) is 51.2 Å². The highest BCUT2D eigenvalue weighted by Gasteiger charge is 2.31. The van der Waals surface area contributed by atoms with Crippen molar-refractivity contribution < 1.29 is 9.59 Å². The number of piperazine rings is 1. The number of aryl methyl sites for hydroxylation is 1. The van der Waals surface area contributed by atoms with Crippen molar-refractivity contribution in [3.63, 3.8) is 0 Å². The molecule has 0 radical (unpaired) electrons. The molecule has 2 amide bonds. The van der Waals surface area contributed by atoms with Crippen molar-refractivity contribution in [1.29, 1.82) is 0 Å². The molecule has 2 aromatic rings. The van der Waals surface area contributed by atoms with E-state index >= 15 is 0 Å². The lowest BCUT2D eigenvalue weighted by molar-refractivity contribution is -0.139. The molecular formula is C22H26Cl2N4O2. The van der Waals surface area contributed by atoms with Crippen LogP contribution in [0.3, 0.4) is 0 Å². The second-order valence-corrected chi connectivity index (χ2v) is 7.29. The average Bonchev–Trinajstić information content (AvgIpc) is 2.75. The highest BCUT2D eigenvalue weighted by atomic mass is 35.5. The molecule has 1 atom stereocenters. The van der Waals surface area contributed by atoms with Gasteiger partial charge >= 0.3 is 0 Å². The van der Waals surface area contributed by atoms with E-state index in [0.29, 0.717) is 30.5 Å².